The first-order chi connectivity index (χ1) is 12.7. The Morgan fingerprint density at radius 2 is 1.86 bits per heavy atom. The molecule has 1 saturated carbocycles. The molecule has 2 aromatic rings. The van der Waals surface area contributed by atoms with Gasteiger partial charge in [-0.3, -0.25) is 4.79 Å². The molecule has 1 amide bonds. The maximum atomic E-state index is 12.8. The third-order valence-electron chi connectivity index (χ3n) is 5.23. The molecule has 1 saturated heterocycles. The third kappa shape index (κ3) is 5.60. The lowest BCUT2D eigenvalue weighted by Crippen LogP contribution is -2.45. The van der Waals surface area contributed by atoms with Crippen LogP contribution in [0.5, 0.6) is 5.75 Å². The molecule has 0 atom stereocenters. The molecule has 2 aliphatic rings. The van der Waals surface area contributed by atoms with Crippen LogP contribution in [-0.2, 0) is 0 Å². The van der Waals surface area contributed by atoms with E-state index in [-0.39, 0.29) is 30.7 Å². The fourth-order valence-corrected chi connectivity index (χ4v) is 4.14. The Labute approximate surface area is 182 Å². The molecule has 4 rings (SSSR count). The summed E-state index contributed by atoms with van der Waals surface area (Å²) in [5, 5.41) is 6.40. The number of hydrogen-bond donors (Lipinski definition) is 1. The predicted octanol–water partition coefficient (Wildman–Crippen LogP) is 4.27. The molecule has 28 heavy (non-hydrogen) atoms. The normalized spacial score (nSPS) is 16.8. The second kappa shape index (κ2) is 10.4. The average Bonchev–Trinajstić information content (AvgIpc) is 3.40. The first kappa shape index (κ1) is 22.9. The first-order valence-electron chi connectivity index (χ1n) is 9.35. The molecule has 0 bridgehead atoms. The van der Waals surface area contributed by atoms with Gasteiger partial charge in [-0.1, -0.05) is 0 Å². The van der Waals surface area contributed by atoms with Crippen molar-refractivity contribution in [2.24, 2.45) is 5.92 Å². The number of carbonyl (C=O) groups is 1. The van der Waals surface area contributed by atoms with E-state index < -0.39 is 0 Å². The number of amides is 1. The van der Waals surface area contributed by atoms with E-state index in [2.05, 4.69) is 10.3 Å². The van der Waals surface area contributed by atoms with E-state index in [0.717, 1.165) is 54.7 Å². The van der Waals surface area contributed by atoms with E-state index in [1.807, 2.05) is 34.5 Å². The molecule has 1 aliphatic carbocycles. The Bertz CT molecular complexity index is 757. The molecular weight excluding hydrogens is 417 g/mol. The maximum absolute atomic E-state index is 12.8. The van der Waals surface area contributed by atoms with Crippen LogP contribution in [0.2, 0.25) is 0 Å². The molecule has 2 heterocycles. The van der Waals surface area contributed by atoms with E-state index in [1.165, 1.54) is 24.2 Å². The zero-order chi connectivity index (χ0) is 17.9. The summed E-state index contributed by atoms with van der Waals surface area (Å²) in [4.78, 5) is 19.3. The topological polar surface area (TPSA) is 54.5 Å². The summed E-state index contributed by atoms with van der Waals surface area (Å²) in [7, 11) is 1.65. The summed E-state index contributed by atoms with van der Waals surface area (Å²) in [5.74, 6) is 1.78. The zero-order valence-electron chi connectivity index (χ0n) is 15.9. The van der Waals surface area contributed by atoms with Gasteiger partial charge in [0, 0.05) is 30.1 Å². The SMILES string of the molecule is COc1ccc(-c2nc(C(=O)N3CCC(NCC4CC4)CC3)cs2)cc1.Cl.Cl. The average molecular weight is 444 g/mol. The van der Waals surface area contributed by atoms with Gasteiger partial charge in [-0.15, -0.1) is 36.2 Å². The van der Waals surface area contributed by atoms with Crippen LogP contribution in [0.15, 0.2) is 29.6 Å². The Hall–Kier alpha value is -1.34. The van der Waals surface area contributed by atoms with Crippen LogP contribution in [0.3, 0.4) is 0 Å². The number of benzene rings is 1. The summed E-state index contributed by atoms with van der Waals surface area (Å²) in [6, 6.07) is 8.34. The highest BCUT2D eigenvalue weighted by Crippen LogP contribution is 2.29. The highest BCUT2D eigenvalue weighted by molar-refractivity contribution is 7.13. The van der Waals surface area contributed by atoms with Crippen molar-refractivity contribution >= 4 is 42.1 Å². The molecule has 1 aromatic carbocycles. The van der Waals surface area contributed by atoms with Crippen molar-refractivity contribution in [1.29, 1.82) is 0 Å². The van der Waals surface area contributed by atoms with Crippen LogP contribution in [0, 0.1) is 5.92 Å². The lowest BCUT2D eigenvalue weighted by atomic mass is 10.0. The van der Waals surface area contributed by atoms with Gasteiger partial charge < -0.3 is 15.0 Å². The highest BCUT2D eigenvalue weighted by atomic mass is 35.5. The maximum Gasteiger partial charge on any atom is 0.273 e. The summed E-state index contributed by atoms with van der Waals surface area (Å²) >= 11 is 1.52. The van der Waals surface area contributed by atoms with Gasteiger partial charge in [0.05, 0.1) is 7.11 Å². The number of halogens is 2. The number of likely N-dealkylation sites (tertiary alicyclic amines) is 1. The lowest BCUT2D eigenvalue weighted by molar-refractivity contribution is 0.0700. The minimum Gasteiger partial charge on any atom is -0.497 e. The minimum atomic E-state index is 0. The Morgan fingerprint density at radius 1 is 1.18 bits per heavy atom. The highest BCUT2D eigenvalue weighted by Gasteiger charge is 2.27. The molecule has 8 heteroatoms. The van der Waals surface area contributed by atoms with E-state index >= 15 is 0 Å². The van der Waals surface area contributed by atoms with E-state index in [9.17, 15) is 4.79 Å². The van der Waals surface area contributed by atoms with Gasteiger partial charge in [-0.25, -0.2) is 4.98 Å². The van der Waals surface area contributed by atoms with Crippen LogP contribution in [0.25, 0.3) is 10.6 Å². The van der Waals surface area contributed by atoms with Gasteiger partial charge in [0.25, 0.3) is 5.91 Å². The summed E-state index contributed by atoms with van der Waals surface area (Å²) in [5.41, 5.74) is 1.57. The largest absolute Gasteiger partial charge is 0.497 e. The number of rotatable bonds is 6. The summed E-state index contributed by atoms with van der Waals surface area (Å²) in [6.45, 7) is 2.78. The monoisotopic (exact) mass is 443 g/mol. The fraction of sp³-hybridized carbons (Fsp3) is 0.500. The van der Waals surface area contributed by atoms with Gasteiger partial charge in [0.2, 0.25) is 0 Å². The number of carbonyl (C=O) groups excluding carboxylic acids is 1. The molecule has 0 spiro atoms. The van der Waals surface area contributed by atoms with Gasteiger partial charge in [0.1, 0.15) is 16.5 Å². The van der Waals surface area contributed by atoms with Crippen molar-refractivity contribution in [3.05, 3.63) is 35.3 Å². The molecular formula is C20H27Cl2N3O2S. The smallest absolute Gasteiger partial charge is 0.273 e. The number of methoxy groups -OCH3 is 1. The molecule has 1 aliphatic heterocycles. The van der Waals surface area contributed by atoms with Crippen LogP contribution < -0.4 is 10.1 Å². The number of nitrogens with zero attached hydrogens (tertiary/aromatic N) is 2. The fourth-order valence-electron chi connectivity index (χ4n) is 3.34. The number of ether oxygens (including phenoxy) is 1. The van der Waals surface area contributed by atoms with Crippen molar-refractivity contribution in [3.63, 3.8) is 0 Å². The van der Waals surface area contributed by atoms with Gasteiger partial charge in [0.15, 0.2) is 0 Å². The minimum absolute atomic E-state index is 0. The zero-order valence-corrected chi connectivity index (χ0v) is 18.4. The van der Waals surface area contributed by atoms with Crippen molar-refractivity contribution in [2.75, 3.05) is 26.7 Å². The standard InChI is InChI=1S/C20H25N3O2S.2ClH/c1-25-17-6-4-15(5-7-17)19-22-18(13-26-19)20(24)23-10-8-16(9-11-23)21-12-14-2-3-14;;/h4-7,13-14,16,21H,2-3,8-12H2,1H3;2*1H. The number of piperidine rings is 1. The van der Waals surface area contributed by atoms with Crippen molar-refractivity contribution in [1.82, 2.24) is 15.2 Å². The Morgan fingerprint density at radius 3 is 2.46 bits per heavy atom. The molecule has 1 aromatic heterocycles. The Kier molecular flexibility index (Phi) is 8.56. The Balaban J connectivity index is 0.00000140. The molecule has 5 nitrogen and oxygen atoms in total. The number of hydrogen-bond acceptors (Lipinski definition) is 5. The van der Waals surface area contributed by atoms with E-state index in [4.69, 9.17) is 4.74 Å². The third-order valence-corrected chi connectivity index (χ3v) is 6.13. The van der Waals surface area contributed by atoms with Gasteiger partial charge in [-0.05, 0) is 62.4 Å². The predicted molar refractivity (Wildman–Crippen MR) is 118 cm³/mol. The summed E-state index contributed by atoms with van der Waals surface area (Å²) < 4.78 is 5.19. The second-order valence-corrected chi connectivity index (χ2v) is 8.04. The molecule has 1 N–H and O–H groups in total. The van der Waals surface area contributed by atoms with Crippen molar-refractivity contribution in [3.8, 4) is 16.3 Å². The number of nitrogens with one attached hydrogen (secondary N) is 1. The molecule has 2 fully saturated rings. The van der Waals surface area contributed by atoms with Crippen LogP contribution in [-0.4, -0.2) is 48.6 Å². The van der Waals surface area contributed by atoms with Gasteiger partial charge >= 0.3 is 0 Å². The van der Waals surface area contributed by atoms with Crippen molar-refractivity contribution < 1.29 is 9.53 Å². The first-order valence-corrected chi connectivity index (χ1v) is 10.2. The quantitative estimate of drug-likeness (QED) is 0.723. The van der Waals surface area contributed by atoms with E-state index in [1.54, 1.807) is 7.11 Å². The van der Waals surface area contributed by atoms with E-state index in [0.29, 0.717) is 11.7 Å². The number of aromatic nitrogens is 1. The lowest BCUT2D eigenvalue weighted by Gasteiger charge is -2.32. The summed E-state index contributed by atoms with van der Waals surface area (Å²) in [6.07, 6.45) is 4.83. The van der Waals surface area contributed by atoms with Gasteiger partial charge in [-0.2, -0.15) is 0 Å². The second-order valence-electron chi connectivity index (χ2n) is 7.18. The molecule has 154 valence electrons. The van der Waals surface area contributed by atoms with Crippen LogP contribution in [0.1, 0.15) is 36.2 Å². The van der Waals surface area contributed by atoms with Crippen LogP contribution in [0.4, 0.5) is 0 Å². The number of thiazole rings is 1. The molecule has 0 unspecified atom stereocenters. The molecule has 0 radical (unpaired) electrons. The van der Waals surface area contributed by atoms with Crippen molar-refractivity contribution in [2.45, 2.75) is 31.7 Å². The van der Waals surface area contributed by atoms with Crippen LogP contribution >= 0.6 is 36.2 Å².